The summed E-state index contributed by atoms with van der Waals surface area (Å²) in [5, 5.41) is 11.3. The molecule has 152 valence electrons. The first-order chi connectivity index (χ1) is 13.0. The summed E-state index contributed by atoms with van der Waals surface area (Å²) in [6.45, 7) is 3.96. The van der Waals surface area contributed by atoms with Gasteiger partial charge in [0, 0.05) is 25.4 Å². The fourth-order valence-electron chi connectivity index (χ4n) is 2.33. The lowest BCUT2D eigenvalue weighted by atomic mass is 10.2. The van der Waals surface area contributed by atoms with Crippen LogP contribution in [0, 0.1) is 10.1 Å². The maximum Gasteiger partial charge on any atom is 0.416 e. The van der Waals surface area contributed by atoms with Crippen LogP contribution >= 0.6 is 11.8 Å². The van der Waals surface area contributed by atoms with Crippen molar-refractivity contribution >= 4 is 27.5 Å². The van der Waals surface area contributed by atoms with Crippen molar-refractivity contribution in [3.8, 4) is 0 Å². The number of sulfonamides is 1. The third kappa shape index (κ3) is 4.80. The molecule has 7 nitrogen and oxygen atoms in total. The highest BCUT2D eigenvalue weighted by Crippen LogP contribution is 2.38. The van der Waals surface area contributed by atoms with Crippen molar-refractivity contribution in [1.82, 2.24) is 9.29 Å². The van der Waals surface area contributed by atoms with Crippen molar-refractivity contribution in [3.05, 3.63) is 52.2 Å². The van der Waals surface area contributed by atoms with Crippen LogP contribution in [0.3, 0.4) is 0 Å². The van der Waals surface area contributed by atoms with E-state index in [2.05, 4.69) is 4.98 Å². The van der Waals surface area contributed by atoms with Gasteiger partial charge in [0.05, 0.1) is 15.4 Å². The van der Waals surface area contributed by atoms with Crippen LogP contribution in [0.4, 0.5) is 18.9 Å². The van der Waals surface area contributed by atoms with Crippen molar-refractivity contribution in [1.29, 1.82) is 0 Å². The standard InChI is InChI=1S/C16H16F3N3O4S2/c1-3-21(4-2)28(25,26)12-6-8-15(20-10-12)27-14-7-5-11(16(17,18)19)9-13(14)22(23)24/h5-10H,3-4H2,1-2H3. The van der Waals surface area contributed by atoms with E-state index in [1.165, 1.54) is 16.4 Å². The highest BCUT2D eigenvalue weighted by atomic mass is 32.2. The first-order valence-corrected chi connectivity index (χ1v) is 10.3. The van der Waals surface area contributed by atoms with Crippen LogP contribution in [0.25, 0.3) is 0 Å². The van der Waals surface area contributed by atoms with Gasteiger partial charge in [-0.1, -0.05) is 25.6 Å². The van der Waals surface area contributed by atoms with Crippen LogP contribution in [0.5, 0.6) is 0 Å². The zero-order valence-electron chi connectivity index (χ0n) is 14.8. The summed E-state index contributed by atoms with van der Waals surface area (Å²) in [7, 11) is -3.71. The Morgan fingerprint density at radius 1 is 1.18 bits per heavy atom. The molecule has 0 aliphatic carbocycles. The molecule has 12 heteroatoms. The van der Waals surface area contributed by atoms with E-state index in [1.807, 2.05) is 0 Å². The van der Waals surface area contributed by atoms with Crippen molar-refractivity contribution in [2.45, 2.75) is 34.8 Å². The first-order valence-electron chi connectivity index (χ1n) is 8.00. The predicted octanol–water partition coefficient (Wildman–Crippen LogP) is 4.19. The Hall–Kier alpha value is -2.18. The molecule has 2 rings (SSSR count). The van der Waals surface area contributed by atoms with Gasteiger partial charge >= 0.3 is 6.18 Å². The molecule has 0 bridgehead atoms. The van der Waals surface area contributed by atoms with E-state index < -0.39 is 32.4 Å². The van der Waals surface area contributed by atoms with Gasteiger partial charge in [0.2, 0.25) is 10.0 Å². The number of rotatable bonds is 7. The number of aromatic nitrogens is 1. The van der Waals surface area contributed by atoms with Crippen molar-refractivity contribution in [2.24, 2.45) is 0 Å². The van der Waals surface area contributed by atoms with Crippen LogP contribution in [0.2, 0.25) is 0 Å². The average Bonchev–Trinajstić information content (AvgIpc) is 2.62. The highest BCUT2D eigenvalue weighted by molar-refractivity contribution is 7.99. The van der Waals surface area contributed by atoms with E-state index in [0.717, 1.165) is 30.1 Å². The molecule has 2 aromatic rings. The van der Waals surface area contributed by atoms with E-state index in [4.69, 9.17) is 0 Å². The minimum absolute atomic E-state index is 0.0372. The van der Waals surface area contributed by atoms with Gasteiger partial charge in [0.1, 0.15) is 9.92 Å². The van der Waals surface area contributed by atoms with Gasteiger partial charge in [0.25, 0.3) is 5.69 Å². The molecule has 1 aromatic heterocycles. The molecule has 0 aliphatic rings. The minimum atomic E-state index is -4.70. The van der Waals surface area contributed by atoms with Crippen molar-refractivity contribution in [3.63, 3.8) is 0 Å². The third-order valence-corrected chi connectivity index (χ3v) is 6.80. The van der Waals surface area contributed by atoms with Gasteiger partial charge in [0.15, 0.2) is 0 Å². The fourth-order valence-corrected chi connectivity index (χ4v) is 4.57. The Morgan fingerprint density at radius 2 is 1.82 bits per heavy atom. The Balaban J connectivity index is 2.33. The Bertz CT molecular complexity index is 960. The van der Waals surface area contributed by atoms with Crippen LogP contribution in [-0.2, 0) is 16.2 Å². The number of pyridine rings is 1. The number of nitrogens with zero attached hydrogens (tertiary/aromatic N) is 3. The zero-order valence-corrected chi connectivity index (χ0v) is 16.4. The molecule has 0 spiro atoms. The molecular weight excluding hydrogens is 419 g/mol. The zero-order chi connectivity index (χ0) is 21.1. The highest BCUT2D eigenvalue weighted by Gasteiger charge is 2.33. The summed E-state index contributed by atoms with van der Waals surface area (Å²) in [5.41, 5.74) is -1.83. The lowest BCUT2D eigenvalue weighted by Gasteiger charge is -2.18. The average molecular weight is 435 g/mol. The molecule has 1 aromatic carbocycles. The molecule has 0 aliphatic heterocycles. The maximum atomic E-state index is 12.8. The SMILES string of the molecule is CCN(CC)S(=O)(=O)c1ccc(Sc2ccc(C(F)(F)F)cc2[N+](=O)[O-])nc1. The molecule has 0 radical (unpaired) electrons. The molecule has 0 saturated heterocycles. The maximum absolute atomic E-state index is 12.8. The largest absolute Gasteiger partial charge is 0.416 e. The molecule has 0 atom stereocenters. The topological polar surface area (TPSA) is 93.4 Å². The van der Waals surface area contributed by atoms with Gasteiger partial charge in [-0.05, 0) is 24.3 Å². The first kappa shape index (κ1) is 22.1. The number of halogens is 3. The molecule has 0 amide bonds. The van der Waals surface area contributed by atoms with Gasteiger partial charge in [-0.3, -0.25) is 10.1 Å². The van der Waals surface area contributed by atoms with Crippen LogP contribution in [0.1, 0.15) is 19.4 Å². The second kappa shape index (κ2) is 8.45. The number of benzene rings is 1. The Kier molecular flexibility index (Phi) is 6.67. The lowest BCUT2D eigenvalue weighted by molar-refractivity contribution is -0.388. The second-order valence-corrected chi connectivity index (χ2v) is 8.46. The van der Waals surface area contributed by atoms with Crippen LogP contribution in [0.15, 0.2) is 51.3 Å². The summed E-state index contributed by atoms with van der Waals surface area (Å²) >= 11 is 0.773. The Labute approximate surface area is 163 Å². The molecule has 0 N–H and O–H groups in total. The predicted molar refractivity (Wildman–Crippen MR) is 96.6 cm³/mol. The van der Waals surface area contributed by atoms with E-state index in [9.17, 15) is 31.7 Å². The molecule has 0 fully saturated rings. The smallest absolute Gasteiger partial charge is 0.258 e. The van der Waals surface area contributed by atoms with Crippen LogP contribution in [-0.4, -0.2) is 35.7 Å². The normalized spacial score (nSPS) is 12.4. The third-order valence-electron chi connectivity index (χ3n) is 3.75. The summed E-state index contributed by atoms with van der Waals surface area (Å²) in [6.07, 6.45) is -3.58. The summed E-state index contributed by atoms with van der Waals surface area (Å²) in [5.74, 6) is 0. The van der Waals surface area contributed by atoms with E-state index in [1.54, 1.807) is 13.8 Å². The quantitative estimate of drug-likeness (QED) is 0.478. The number of alkyl halides is 3. The van der Waals surface area contributed by atoms with E-state index in [-0.39, 0.29) is 27.9 Å². The van der Waals surface area contributed by atoms with Gasteiger partial charge in [-0.25, -0.2) is 13.4 Å². The van der Waals surface area contributed by atoms with E-state index in [0.29, 0.717) is 6.07 Å². The van der Waals surface area contributed by atoms with Crippen molar-refractivity contribution < 1.29 is 26.5 Å². The number of nitro benzene ring substituents is 1. The van der Waals surface area contributed by atoms with Crippen LogP contribution < -0.4 is 0 Å². The number of nitro groups is 1. The monoisotopic (exact) mass is 435 g/mol. The summed E-state index contributed by atoms with van der Waals surface area (Å²) in [4.78, 5) is 14.1. The minimum Gasteiger partial charge on any atom is -0.258 e. The van der Waals surface area contributed by atoms with Gasteiger partial charge in [-0.15, -0.1) is 0 Å². The van der Waals surface area contributed by atoms with Gasteiger partial charge in [-0.2, -0.15) is 17.5 Å². The molecule has 1 heterocycles. The Morgan fingerprint density at radius 3 is 2.29 bits per heavy atom. The summed E-state index contributed by atoms with van der Waals surface area (Å²) < 4.78 is 64.4. The molecule has 0 unspecified atom stereocenters. The van der Waals surface area contributed by atoms with Gasteiger partial charge < -0.3 is 0 Å². The number of hydrogen-bond donors (Lipinski definition) is 0. The summed E-state index contributed by atoms with van der Waals surface area (Å²) in [6, 6.07) is 4.85. The van der Waals surface area contributed by atoms with Crippen molar-refractivity contribution in [2.75, 3.05) is 13.1 Å². The fraction of sp³-hybridized carbons (Fsp3) is 0.312. The van der Waals surface area contributed by atoms with E-state index >= 15 is 0 Å². The molecular formula is C16H16F3N3O4S2. The lowest BCUT2D eigenvalue weighted by Crippen LogP contribution is -2.30. The molecule has 28 heavy (non-hydrogen) atoms. The molecule has 0 saturated carbocycles. The number of hydrogen-bond acceptors (Lipinski definition) is 6. The second-order valence-electron chi connectivity index (χ2n) is 5.46.